The largest absolute Gasteiger partial charge is 0.392 e. The summed E-state index contributed by atoms with van der Waals surface area (Å²) in [7, 11) is 0. The molecule has 0 saturated heterocycles. The van der Waals surface area contributed by atoms with Crippen molar-refractivity contribution in [3.8, 4) is 0 Å². The molecule has 3 N–H and O–H groups in total. The molecule has 2 rings (SSSR count). The maximum Gasteiger partial charge on any atom is 0.233 e. The van der Waals surface area contributed by atoms with Gasteiger partial charge in [0.15, 0.2) is 0 Å². The van der Waals surface area contributed by atoms with Gasteiger partial charge in [-0.05, 0) is 25.2 Å². The molecule has 1 amide bonds. The van der Waals surface area contributed by atoms with Gasteiger partial charge in [-0.25, -0.2) is 0 Å². The van der Waals surface area contributed by atoms with Crippen LogP contribution in [0.15, 0.2) is 12.4 Å². The summed E-state index contributed by atoms with van der Waals surface area (Å²) in [5, 5.41) is 10.5. The van der Waals surface area contributed by atoms with Crippen LogP contribution in [0, 0.1) is 11.3 Å². The third-order valence-electron chi connectivity index (χ3n) is 3.62. The van der Waals surface area contributed by atoms with Gasteiger partial charge in [-0.15, -0.1) is 5.10 Å². The topological polar surface area (TPSA) is 85.8 Å². The SMILES string of the molecule is CC1CC(C(=O)NCCCn2ccnn2)(C(N)=S)C1. The second kappa shape index (κ2) is 5.64. The van der Waals surface area contributed by atoms with Gasteiger partial charge in [-0.1, -0.05) is 24.4 Å². The van der Waals surface area contributed by atoms with E-state index >= 15 is 0 Å². The van der Waals surface area contributed by atoms with Gasteiger partial charge in [-0.2, -0.15) is 0 Å². The molecule has 0 bridgehead atoms. The number of thiocarbonyl (C=S) groups is 1. The minimum Gasteiger partial charge on any atom is -0.392 e. The van der Waals surface area contributed by atoms with Crippen LogP contribution < -0.4 is 11.1 Å². The van der Waals surface area contributed by atoms with Crippen molar-refractivity contribution in [3.05, 3.63) is 12.4 Å². The Kier molecular flexibility index (Phi) is 4.14. The van der Waals surface area contributed by atoms with E-state index in [0.717, 1.165) is 25.8 Å². The third kappa shape index (κ3) is 2.91. The first-order valence-corrected chi connectivity index (χ1v) is 6.88. The van der Waals surface area contributed by atoms with Gasteiger partial charge in [0.1, 0.15) is 0 Å². The predicted octanol–water partition coefficient (Wildman–Crippen LogP) is 0.487. The molecule has 104 valence electrons. The van der Waals surface area contributed by atoms with Gasteiger partial charge in [0.25, 0.3) is 0 Å². The smallest absolute Gasteiger partial charge is 0.233 e. The van der Waals surface area contributed by atoms with E-state index in [1.54, 1.807) is 17.1 Å². The molecule has 1 aromatic rings. The Labute approximate surface area is 117 Å². The Bertz CT molecular complexity index is 453. The molecule has 0 radical (unpaired) electrons. The Balaban J connectivity index is 1.76. The molecule has 0 spiro atoms. The highest BCUT2D eigenvalue weighted by Gasteiger charge is 2.50. The number of aromatic nitrogens is 3. The molecule has 0 atom stereocenters. The third-order valence-corrected chi connectivity index (χ3v) is 4.01. The average Bonchev–Trinajstić information content (AvgIpc) is 2.82. The second-order valence-corrected chi connectivity index (χ2v) is 5.68. The number of hydrogen-bond donors (Lipinski definition) is 2. The van der Waals surface area contributed by atoms with Crippen LogP contribution in [-0.4, -0.2) is 32.4 Å². The number of carbonyl (C=O) groups excluding carboxylic acids is 1. The number of nitrogens with zero attached hydrogens (tertiary/aromatic N) is 3. The summed E-state index contributed by atoms with van der Waals surface area (Å²) in [6, 6.07) is 0. The quantitative estimate of drug-likeness (QED) is 0.585. The van der Waals surface area contributed by atoms with Crippen molar-refractivity contribution in [2.24, 2.45) is 17.1 Å². The molecule has 0 unspecified atom stereocenters. The molecule has 1 fully saturated rings. The lowest BCUT2D eigenvalue weighted by Crippen LogP contribution is -2.56. The molecule has 0 aromatic carbocycles. The zero-order valence-electron chi connectivity index (χ0n) is 11.0. The molecular formula is C12H19N5OS. The number of nitrogens with one attached hydrogen (secondary N) is 1. The fourth-order valence-corrected chi connectivity index (χ4v) is 2.85. The number of nitrogens with two attached hydrogens (primary N) is 1. The number of hydrogen-bond acceptors (Lipinski definition) is 4. The molecule has 19 heavy (non-hydrogen) atoms. The molecule has 7 heteroatoms. The minimum absolute atomic E-state index is 0.0308. The van der Waals surface area contributed by atoms with Crippen LogP contribution in [0.1, 0.15) is 26.2 Å². The fraction of sp³-hybridized carbons (Fsp3) is 0.667. The van der Waals surface area contributed by atoms with E-state index in [0.29, 0.717) is 17.5 Å². The van der Waals surface area contributed by atoms with E-state index < -0.39 is 5.41 Å². The first-order chi connectivity index (χ1) is 9.04. The maximum atomic E-state index is 12.2. The summed E-state index contributed by atoms with van der Waals surface area (Å²) in [6.45, 7) is 3.43. The van der Waals surface area contributed by atoms with Crippen LogP contribution in [0.25, 0.3) is 0 Å². The fourth-order valence-electron chi connectivity index (χ4n) is 2.59. The highest BCUT2D eigenvalue weighted by molar-refractivity contribution is 7.80. The zero-order chi connectivity index (χ0) is 13.9. The summed E-state index contributed by atoms with van der Waals surface area (Å²) >= 11 is 5.05. The lowest BCUT2D eigenvalue weighted by atomic mass is 9.62. The van der Waals surface area contributed by atoms with E-state index in [9.17, 15) is 4.79 Å². The summed E-state index contributed by atoms with van der Waals surface area (Å²) in [6.07, 6.45) is 5.76. The summed E-state index contributed by atoms with van der Waals surface area (Å²) in [5.41, 5.74) is 5.12. The van der Waals surface area contributed by atoms with E-state index in [-0.39, 0.29) is 5.91 Å². The van der Waals surface area contributed by atoms with Crippen LogP contribution in [0.2, 0.25) is 0 Å². The number of rotatable bonds is 6. The number of carbonyl (C=O) groups is 1. The molecule has 0 aliphatic heterocycles. The molecule has 1 aliphatic carbocycles. The molecule has 1 aromatic heterocycles. The Morgan fingerprint density at radius 3 is 2.89 bits per heavy atom. The monoisotopic (exact) mass is 281 g/mol. The predicted molar refractivity (Wildman–Crippen MR) is 75.3 cm³/mol. The van der Waals surface area contributed by atoms with Crippen molar-refractivity contribution in [1.82, 2.24) is 20.3 Å². The Morgan fingerprint density at radius 1 is 1.63 bits per heavy atom. The second-order valence-electron chi connectivity index (χ2n) is 5.24. The van der Waals surface area contributed by atoms with Crippen LogP contribution >= 0.6 is 12.2 Å². The lowest BCUT2D eigenvalue weighted by molar-refractivity contribution is -0.132. The van der Waals surface area contributed by atoms with E-state index in [4.69, 9.17) is 18.0 Å². The Morgan fingerprint density at radius 2 is 2.37 bits per heavy atom. The molecular weight excluding hydrogens is 262 g/mol. The van der Waals surface area contributed by atoms with Crippen LogP contribution in [0.4, 0.5) is 0 Å². The van der Waals surface area contributed by atoms with E-state index in [1.165, 1.54) is 0 Å². The highest BCUT2D eigenvalue weighted by atomic mass is 32.1. The standard InChI is InChI=1S/C12H19N5OS/c1-9-7-12(8-9,10(13)19)11(18)14-3-2-5-17-6-4-15-16-17/h4,6,9H,2-3,5,7-8H2,1H3,(H2,13,19)(H,14,18). The van der Waals surface area contributed by atoms with Gasteiger partial charge in [0.2, 0.25) is 5.91 Å². The summed E-state index contributed by atoms with van der Waals surface area (Å²) in [4.78, 5) is 12.5. The lowest BCUT2D eigenvalue weighted by Gasteiger charge is -2.44. The maximum absolute atomic E-state index is 12.2. The molecule has 1 aliphatic rings. The first kappa shape index (κ1) is 13.9. The van der Waals surface area contributed by atoms with Gasteiger partial charge in [0.05, 0.1) is 16.6 Å². The molecule has 1 heterocycles. The van der Waals surface area contributed by atoms with Crippen molar-refractivity contribution in [1.29, 1.82) is 0 Å². The van der Waals surface area contributed by atoms with Crippen molar-refractivity contribution in [2.45, 2.75) is 32.7 Å². The van der Waals surface area contributed by atoms with Gasteiger partial charge in [-0.3, -0.25) is 9.48 Å². The van der Waals surface area contributed by atoms with E-state index in [2.05, 4.69) is 22.6 Å². The van der Waals surface area contributed by atoms with Gasteiger partial charge < -0.3 is 11.1 Å². The van der Waals surface area contributed by atoms with Crippen LogP contribution in [0.3, 0.4) is 0 Å². The van der Waals surface area contributed by atoms with Gasteiger partial charge in [0, 0.05) is 19.3 Å². The molecule has 6 nitrogen and oxygen atoms in total. The average molecular weight is 281 g/mol. The van der Waals surface area contributed by atoms with Crippen LogP contribution in [0.5, 0.6) is 0 Å². The highest BCUT2D eigenvalue weighted by Crippen LogP contribution is 2.45. The first-order valence-electron chi connectivity index (χ1n) is 6.47. The number of amides is 1. The zero-order valence-corrected chi connectivity index (χ0v) is 11.8. The van der Waals surface area contributed by atoms with Crippen molar-refractivity contribution >= 4 is 23.1 Å². The Hall–Kier alpha value is -1.50. The summed E-state index contributed by atoms with van der Waals surface area (Å²) in [5.74, 6) is 0.485. The number of aryl methyl sites for hydroxylation is 1. The van der Waals surface area contributed by atoms with Crippen molar-refractivity contribution < 1.29 is 4.79 Å². The van der Waals surface area contributed by atoms with Gasteiger partial charge >= 0.3 is 0 Å². The van der Waals surface area contributed by atoms with Crippen LogP contribution in [-0.2, 0) is 11.3 Å². The van der Waals surface area contributed by atoms with Crippen molar-refractivity contribution in [2.75, 3.05) is 6.54 Å². The van der Waals surface area contributed by atoms with Crippen molar-refractivity contribution in [3.63, 3.8) is 0 Å². The van der Waals surface area contributed by atoms with E-state index in [1.807, 2.05) is 0 Å². The normalized spacial score (nSPS) is 25.6. The molecule has 1 saturated carbocycles. The minimum atomic E-state index is -0.609. The summed E-state index contributed by atoms with van der Waals surface area (Å²) < 4.78 is 1.74.